The predicted octanol–water partition coefficient (Wildman–Crippen LogP) is 1.40. The van der Waals surface area contributed by atoms with Crippen molar-refractivity contribution in [2.45, 2.75) is 5.92 Å². The number of carbonyl (C=O) groups is 4. The molecule has 5 nitrogen and oxygen atoms in total. The number of halogens is 1. The highest BCUT2D eigenvalue weighted by Gasteiger charge is 2.35. The highest BCUT2D eigenvalue weighted by molar-refractivity contribution is 6.50. The lowest BCUT2D eigenvalue weighted by Crippen LogP contribution is -2.30. The van der Waals surface area contributed by atoms with Gasteiger partial charge in [-0.1, -0.05) is 11.6 Å². The summed E-state index contributed by atoms with van der Waals surface area (Å²) < 4.78 is 0. The van der Waals surface area contributed by atoms with Crippen LogP contribution in [0.25, 0.3) is 0 Å². The summed E-state index contributed by atoms with van der Waals surface area (Å²) in [4.78, 5) is 45.6. The van der Waals surface area contributed by atoms with E-state index in [0.29, 0.717) is 0 Å². The SMILES string of the molecule is O=C1C=CC(=O)C(c2cc(C(=O)O)ccc2Cl)C1=O. The maximum absolute atomic E-state index is 11.7. The molecule has 0 aliphatic heterocycles. The van der Waals surface area contributed by atoms with Crippen molar-refractivity contribution in [3.63, 3.8) is 0 Å². The molecule has 1 aromatic rings. The van der Waals surface area contributed by atoms with E-state index in [1.165, 1.54) is 12.1 Å². The van der Waals surface area contributed by atoms with Gasteiger partial charge in [-0.25, -0.2) is 4.79 Å². The van der Waals surface area contributed by atoms with Gasteiger partial charge >= 0.3 is 5.97 Å². The van der Waals surface area contributed by atoms with Gasteiger partial charge in [0, 0.05) is 5.02 Å². The number of hydrogen-bond donors (Lipinski definition) is 1. The van der Waals surface area contributed by atoms with Crippen LogP contribution in [0.15, 0.2) is 30.4 Å². The van der Waals surface area contributed by atoms with Gasteiger partial charge in [0.25, 0.3) is 0 Å². The van der Waals surface area contributed by atoms with Crippen LogP contribution in [0.2, 0.25) is 5.02 Å². The Labute approximate surface area is 112 Å². The monoisotopic (exact) mass is 278 g/mol. The van der Waals surface area contributed by atoms with Crippen molar-refractivity contribution in [2.24, 2.45) is 0 Å². The molecule has 0 amide bonds. The van der Waals surface area contributed by atoms with Crippen molar-refractivity contribution in [1.82, 2.24) is 0 Å². The zero-order chi connectivity index (χ0) is 14.2. The molecule has 0 radical (unpaired) electrons. The first-order chi connectivity index (χ1) is 8.91. The molecule has 0 saturated carbocycles. The number of allylic oxidation sites excluding steroid dienone is 2. The van der Waals surface area contributed by atoms with Crippen molar-refractivity contribution in [1.29, 1.82) is 0 Å². The number of Topliss-reactive ketones (excluding diaryl/α,β-unsaturated/α-hetero) is 1. The van der Waals surface area contributed by atoms with Crippen molar-refractivity contribution in [3.05, 3.63) is 46.5 Å². The first-order valence-electron chi connectivity index (χ1n) is 5.24. The van der Waals surface area contributed by atoms with Gasteiger partial charge < -0.3 is 5.11 Å². The number of benzene rings is 1. The largest absolute Gasteiger partial charge is 0.478 e. The van der Waals surface area contributed by atoms with E-state index in [4.69, 9.17) is 16.7 Å². The van der Waals surface area contributed by atoms with Crippen molar-refractivity contribution in [2.75, 3.05) is 0 Å². The first-order valence-corrected chi connectivity index (χ1v) is 5.62. The minimum atomic E-state index is -1.36. The molecular formula is C13H7ClO5. The standard InChI is InChI=1S/C13H7ClO5/c14-8-2-1-6(13(18)19)5-7(8)11-9(15)3-4-10(16)12(11)17/h1-5,11H,(H,18,19). The summed E-state index contributed by atoms with van der Waals surface area (Å²) in [6, 6.07) is 3.67. The van der Waals surface area contributed by atoms with Crippen molar-refractivity contribution in [3.8, 4) is 0 Å². The topological polar surface area (TPSA) is 88.5 Å². The number of rotatable bonds is 2. The van der Waals surface area contributed by atoms with Gasteiger partial charge in [-0.3, -0.25) is 14.4 Å². The normalized spacial score (nSPS) is 18.8. The third-order valence-corrected chi connectivity index (χ3v) is 3.09. The fraction of sp³-hybridized carbons (Fsp3) is 0.0769. The molecule has 1 aromatic carbocycles. The van der Waals surface area contributed by atoms with E-state index < -0.39 is 29.2 Å². The van der Waals surface area contributed by atoms with Crippen LogP contribution in [0, 0.1) is 0 Å². The molecule has 0 bridgehead atoms. The summed E-state index contributed by atoms with van der Waals surface area (Å²) in [6.07, 6.45) is 1.90. The van der Waals surface area contributed by atoms with Crippen LogP contribution in [0.3, 0.4) is 0 Å². The third-order valence-electron chi connectivity index (χ3n) is 2.74. The Balaban J connectivity index is 2.57. The van der Waals surface area contributed by atoms with Gasteiger partial charge in [0.1, 0.15) is 5.92 Å². The number of carboxylic acid groups (broad SMARTS) is 1. The number of carbonyl (C=O) groups excluding carboxylic acids is 3. The Bertz CT molecular complexity index is 644. The van der Waals surface area contributed by atoms with Gasteiger partial charge in [-0.15, -0.1) is 0 Å². The molecule has 1 aliphatic carbocycles. The fourth-order valence-corrected chi connectivity index (χ4v) is 2.03. The van der Waals surface area contributed by atoms with E-state index in [1.807, 2.05) is 0 Å². The molecule has 1 aliphatic rings. The van der Waals surface area contributed by atoms with E-state index in [2.05, 4.69) is 0 Å². The Morgan fingerprint density at radius 3 is 2.47 bits per heavy atom. The van der Waals surface area contributed by atoms with Crippen LogP contribution in [-0.2, 0) is 14.4 Å². The number of aromatic carboxylic acids is 1. The smallest absolute Gasteiger partial charge is 0.335 e. The molecule has 19 heavy (non-hydrogen) atoms. The maximum atomic E-state index is 11.7. The molecule has 1 N–H and O–H groups in total. The Morgan fingerprint density at radius 1 is 1.16 bits per heavy atom. The van der Waals surface area contributed by atoms with Gasteiger partial charge in [0.15, 0.2) is 5.78 Å². The van der Waals surface area contributed by atoms with Gasteiger partial charge in [0.05, 0.1) is 5.56 Å². The molecule has 0 fully saturated rings. The van der Waals surface area contributed by atoms with E-state index in [0.717, 1.165) is 18.2 Å². The Morgan fingerprint density at radius 2 is 1.84 bits per heavy atom. The molecule has 1 atom stereocenters. The lowest BCUT2D eigenvalue weighted by molar-refractivity contribution is -0.138. The summed E-state index contributed by atoms with van der Waals surface area (Å²) in [5, 5.41) is 8.96. The summed E-state index contributed by atoms with van der Waals surface area (Å²) in [5.74, 6) is -4.87. The maximum Gasteiger partial charge on any atom is 0.335 e. The van der Waals surface area contributed by atoms with Crippen molar-refractivity contribution < 1.29 is 24.3 Å². The van der Waals surface area contributed by atoms with E-state index in [9.17, 15) is 19.2 Å². The summed E-state index contributed by atoms with van der Waals surface area (Å²) in [6.45, 7) is 0. The molecular weight excluding hydrogens is 272 g/mol. The van der Waals surface area contributed by atoms with Gasteiger partial charge in [-0.05, 0) is 35.9 Å². The molecule has 0 spiro atoms. The fourth-order valence-electron chi connectivity index (χ4n) is 1.80. The highest BCUT2D eigenvalue weighted by Crippen LogP contribution is 2.29. The molecule has 0 aromatic heterocycles. The highest BCUT2D eigenvalue weighted by atomic mass is 35.5. The zero-order valence-corrected chi connectivity index (χ0v) is 10.2. The van der Waals surface area contributed by atoms with E-state index >= 15 is 0 Å². The first kappa shape index (κ1) is 13.2. The lowest BCUT2D eigenvalue weighted by atomic mass is 9.84. The Hall–Kier alpha value is -2.27. The average Bonchev–Trinajstić information content (AvgIpc) is 2.36. The van der Waals surface area contributed by atoms with Gasteiger partial charge in [-0.2, -0.15) is 0 Å². The lowest BCUT2D eigenvalue weighted by Gasteiger charge is -2.16. The van der Waals surface area contributed by atoms with Crippen LogP contribution in [-0.4, -0.2) is 28.4 Å². The number of hydrogen-bond acceptors (Lipinski definition) is 4. The summed E-state index contributed by atoms with van der Waals surface area (Å²) in [7, 11) is 0. The van der Waals surface area contributed by atoms with Crippen LogP contribution in [0.1, 0.15) is 21.8 Å². The molecule has 0 heterocycles. The van der Waals surface area contributed by atoms with Crippen LogP contribution in [0.4, 0.5) is 0 Å². The third kappa shape index (κ3) is 2.32. The molecule has 6 heteroatoms. The zero-order valence-electron chi connectivity index (χ0n) is 9.42. The average molecular weight is 279 g/mol. The summed E-state index contributed by atoms with van der Waals surface area (Å²) >= 11 is 5.88. The minimum absolute atomic E-state index is 0.0364. The molecule has 96 valence electrons. The second-order valence-electron chi connectivity index (χ2n) is 3.94. The second-order valence-corrected chi connectivity index (χ2v) is 4.35. The van der Waals surface area contributed by atoms with E-state index in [-0.39, 0.29) is 16.1 Å². The van der Waals surface area contributed by atoms with Gasteiger partial charge in [0.2, 0.25) is 11.6 Å². The molecule has 0 saturated heterocycles. The van der Waals surface area contributed by atoms with Crippen LogP contribution < -0.4 is 0 Å². The van der Waals surface area contributed by atoms with Crippen LogP contribution in [0.5, 0.6) is 0 Å². The van der Waals surface area contributed by atoms with E-state index in [1.54, 1.807) is 0 Å². The number of carboxylic acids is 1. The second kappa shape index (κ2) is 4.78. The van der Waals surface area contributed by atoms with Crippen LogP contribution >= 0.6 is 11.6 Å². The Kier molecular flexibility index (Phi) is 3.31. The molecule has 1 unspecified atom stereocenters. The quantitative estimate of drug-likeness (QED) is 0.652. The number of ketones is 3. The minimum Gasteiger partial charge on any atom is -0.478 e. The summed E-state index contributed by atoms with van der Waals surface area (Å²) in [5.41, 5.74) is -0.0729. The molecule has 2 rings (SSSR count). The predicted molar refractivity (Wildman–Crippen MR) is 65.3 cm³/mol. The van der Waals surface area contributed by atoms with Crippen molar-refractivity contribution >= 4 is 34.9 Å².